The molecule has 2 aromatic carbocycles. The van der Waals surface area contributed by atoms with E-state index >= 15 is 0 Å². The molecular weight excluding hydrogens is 546 g/mol. The van der Waals surface area contributed by atoms with Crippen LogP contribution in [0.4, 0.5) is 17.6 Å². The zero-order valence-corrected chi connectivity index (χ0v) is 20.3. The SMILES string of the molecule is Cc1c(-c2nc(-c3c(F)cccc3Cl)nn2C)csc1-c1ccc(OC(F)(F)C(F)Br)cc1. The fraction of sp³-hybridized carbons (Fsp3) is 0.182. The number of rotatable bonds is 6. The number of halogens is 6. The second kappa shape index (κ2) is 9.08. The van der Waals surface area contributed by atoms with Crippen LogP contribution >= 0.6 is 38.9 Å². The number of thiophene rings is 1. The van der Waals surface area contributed by atoms with Crippen molar-refractivity contribution in [3.05, 3.63) is 64.2 Å². The molecule has 1 atom stereocenters. The van der Waals surface area contributed by atoms with Crippen molar-refractivity contribution in [3.8, 4) is 39.0 Å². The molecule has 0 radical (unpaired) electrons. The number of aromatic nitrogens is 3. The van der Waals surface area contributed by atoms with Gasteiger partial charge in [-0.15, -0.1) is 11.3 Å². The van der Waals surface area contributed by atoms with E-state index in [2.05, 4.69) is 30.7 Å². The van der Waals surface area contributed by atoms with Crippen LogP contribution in [0.25, 0.3) is 33.2 Å². The molecule has 0 fully saturated rings. The average Bonchev–Trinajstić information content (AvgIpc) is 3.30. The molecule has 4 aromatic rings. The van der Waals surface area contributed by atoms with Gasteiger partial charge in [-0.05, 0) is 70.4 Å². The maximum absolute atomic E-state index is 14.3. The van der Waals surface area contributed by atoms with E-state index in [9.17, 15) is 17.6 Å². The first kappa shape index (κ1) is 23.7. The first-order valence-electron chi connectivity index (χ1n) is 9.47. The van der Waals surface area contributed by atoms with Crippen molar-refractivity contribution in [2.75, 3.05) is 0 Å². The molecule has 2 aromatic heterocycles. The van der Waals surface area contributed by atoms with E-state index in [1.54, 1.807) is 29.9 Å². The van der Waals surface area contributed by atoms with Crippen molar-refractivity contribution in [3.63, 3.8) is 0 Å². The molecule has 11 heteroatoms. The maximum atomic E-state index is 14.3. The van der Waals surface area contributed by atoms with E-state index in [1.165, 1.54) is 35.6 Å². The number of hydrogen-bond acceptors (Lipinski definition) is 4. The van der Waals surface area contributed by atoms with Gasteiger partial charge in [0.25, 0.3) is 5.08 Å². The quantitative estimate of drug-likeness (QED) is 0.180. The standard InChI is InChI=1S/C22H15BrClF4N3OS/c1-11-14(20-29-19(30-31(20)2)17-15(24)4-3-5-16(17)25)10-33-18(11)12-6-8-13(9-7-12)32-22(27,28)21(23)26/h3-10,21H,1-2H3. The maximum Gasteiger partial charge on any atom is 0.440 e. The molecule has 0 bridgehead atoms. The fourth-order valence-corrected chi connectivity index (χ4v) is 4.65. The van der Waals surface area contributed by atoms with Crippen LogP contribution < -0.4 is 4.74 Å². The average molecular weight is 561 g/mol. The van der Waals surface area contributed by atoms with Crippen LogP contribution in [0.2, 0.25) is 5.02 Å². The van der Waals surface area contributed by atoms with Crippen LogP contribution in [0.15, 0.2) is 47.8 Å². The van der Waals surface area contributed by atoms with Gasteiger partial charge in [-0.25, -0.2) is 18.4 Å². The summed E-state index contributed by atoms with van der Waals surface area (Å²) >= 11 is 9.77. The third kappa shape index (κ3) is 4.64. The third-order valence-corrected chi connectivity index (χ3v) is 6.83. The molecule has 4 rings (SSSR count). The summed E-state index contributed by atoms with van der Waals surface area (Å²) in [5.74, 6) is 0.00705. The summed E-state index contributed by atoms with van der Waals surface area (Å²) in [5, 5.41) is 3.80. The number of alkyl halides is 4. The van der Waals surface area contributed by atoms with E-state index in [0.717, 1.165) is 21.6 Å². The Morgan fingerprint density at radius 1 is 1.18 bits per heavy atom. The van der Waals surface area contributed by atoms with Gasteiger partial charge in [-0.1, -0.05) is 17.7 Å². The summed E-state index contributed by atoms with van der Waals surface area (Å²) in [6.45, 7) is 1.89. The lowest BCUT2D eigenvalue weighted by Crippen LogP contribution is -2.32. The van der Waals surface area contributed by atoms with Crippen LogP contribution in [0.1, 0.15) is 5.56 Å². The Morgan fingerprint density at radius 3 is 2.52 bits per heavy atom. The van der Waals surface area contributed by atoms with E-state index in [-0.39, 0.29) is 22.2 Å². The minimum Gasteiger partial charge on any atom is -0.430 e. The Labute approximate surface area is 203 Å². The molecule has 4 nitrogen and oxygen atoms in total. The van der Waals surface area contributed by atoms with Crippen LogP contribution in [-0.4, -0.2) is 26.0 Å². The summed E-state index contributed by atoms with van der Waals surface area (Å²) in [6, 6.07) is 10.3. The van der Waals surface area contributed by atoms with Crippen LogP contribution in [0, 0.1) is 12.7 Å². The molecule has 0 N–H and O–H groups in total. The van der Waals surface area contributed by atoms with Gasteiger partial charge in [0.15, 0.2) is 11.6 Å². The molecule has 0 aliphatic carbocycles. The zero-order chi connectivity index (χ0) is 23.9. The first-order chi connectivity index (χ1) is 15.6. The van der Waals surface area contributed by atoms with Crippen LogP contribution in [-0.2, 0) is 7.05 Å². The number of hydrogen-bond donors (Lipinski definition) is 0. The first-order valence-corrected chi connectivity index (χ1v) is 11.6. The topological polar surface area (TPSA) is 39.9 Å². The van der Waals surface area contributed by atoms with Crippen molar-refractivity contribution < 1.29 is 22.3 Å². The normalized spacial score (nSPS) is 12.7. The lowest BCUT2D eigenvalue weighted by Gasteiger charge is -2.18. The molecule has 2 heterocycles. The molecule has 0 amide bonds. The van der Waals surface area contributed by atoms with Gasteiger partial charge >= 0.3 is 6.11 Å². The molecule has 0 aliphatic rings. The molecule has 1 unspecified atom stereocenters. The van der Waals surface area contributed by atoms with Crippen molar-refractivity contribution in [1.29, 1.82) is 0 Å². The Kier molecular flexibility index (Phi) is 6.52. The number of nitrogens with zero attached hydrogens (tertiary/aromatic N) is 3. The van der Waals surface area contributed by atoms with Gasteiger partial charge in [-0.3, -0.25) is 0 Å². The predicted molar refractivity (Wildman–Crippen MR) is 124 cm³/mol. The second-order valence-electron chi connectivity index (χ2n) is 7.07. The van der Waals surface area contributed by atoms with Gasteiger partial charge in [0.2, 0.25) is 0 Å². The Balaban J connectivity index is 1.65. The third-order valence-electron chi connectivity index (χ3n) is 4.85. The summed E-state index contributed by atoms with van der Waals surface area (Å²) in [7, 11) is 1.70. The summed E-state index contributed by atoms with van der Waals surface area (Å²) in [6.07, 6.45) is -3.99. The second-order valence-corrected chi connectivity index (χ2v) is 9.16. The van der Waals surface area contributed by atoms with Gasteiger partial charge in [-0.2, -0.15) is 13.9 Å². The Morgan fingerprint density at radius 2 is 1.88 bits per heavy atom. The fourth-order valence-electron chi connectivity index (χ4n) is 3.23. The van der Waals surface area contributed by atoms with Crippen molar-refractivity contribution in [1.82, 2.24) is 14.8 Å². The van der Waals surface area contributed by atoms with Crippen molar-refractivity contribution in [2.24, 2.45) is 7.05 Å². The zero-order valence-electron chi connectivity index (χ0n) is 17.1. The summed E-state index contributed by atoms with van der Waals surface area (Å²) in [5.41, 5.74) is 2.55. The predicted octanol–water partition coefficient (Wildman–Crippen LogP) is 7.64. The highest BCUT2D eigenvalue weighted by Crippen LogP contribution is 2.39. The van der Waals surface area contributed by atoms with Gasteiger partial charge in [0.1, 0.15) is 11.6 Å². The van der Waals surface area contributed by atoms with Crippen LogP contribution in [0.5, 0.6) is 5.75 Å². The molecule has 0 saturated carbocycles. The number of ether oxygens (including phenoxy) is 1. The van der Waals surface area contributed by atoms with Crippen LogP contribution in [0.3, 0.4) is 0 Å². The Bertz CT molecular complexity index is 1290. The highest BCUT2D eigenvalue weighted by Gasteiger charge is 2.41. The summed E-state index contributed by atoms with van der Waals surface area (Å²) < 4.78 is 60.1. The van der Waals surface area contributed by atoms with E-state index in [0.29, 0.717) is 5.82 Å². The van der Waals surface area contributed by atoms with Gasteiger partial charge in [0.05, 0.1) is 10.6 Å². The molecule has 0 saturated heterocycles. The van der Waals surface area contributed by atoms with Crippen molar-refractivity contribution in [2.45, 2.75) is 18.1 Å². The molecule has 33 heavy (non-hydrogen) atoms. The van der Waals surface area contributed by atoms with E-state index in [1.807, 2.05) is 12.3 Å². The molecule has 0 aliphatic heterocycles. The van der Waals surface area contributed by atoms with Gasteiger partial charge in [0, 0.05) is 22.9 Å². The van der Waals surface area contributed by atoms with Gasteiger partial charge < -0.3 is 4.74 Å². The lowest BCUT2D eigenvalue weighted by atomic mass is 10.1. The molecular formula is C22H15BrClF4N3OS. The van der Waals surface area contributed by atoms with E-state index < -0.39 is 17.0 Å². The minimum atomic E-state index is -3.99. The molecule has 172 valence electrons. The molecule has 0 spiro atoms. The largest absolute Gasteiger partial charge is 0.440 e. The minimum absolute atomic E-state index is 0.125. The highest BCUT2D eigenvalue weighted by molar-refractivity contribution is 9.09. The smallest absolute Gasteiger partial charge is 0.430 e. The Hall–Kier alpha value is -2.43. The number of aryl methyl sites for hydroxylation is 1. The summed E-state index contributed by atoms with van der Waals surface area (Å²) in [4.78, 5) is 5.38. The highest BCUT2D eigenvalue weighted by atomic mass is 79.9. The lowest BCUT2D eigenvalue weighted by molar-refractivity contribution is -0.195. The van der Waals surface area contributed by atoms with Crippen molar-refractivity contribution >= 4 is 38.9 Å². The van der Waals surface area contributed by atoms with E-state index in [4.69, 9.17) is 11.6 Å². The monoisotopic (exact) mass is 559 g/mol. The number of benzene rings is 2.